The summed E-state index contributed by atoms with van der Waals surface area (Å²) in [6, 6.07) is 0. The number of carboxylic acid groups (broad SMARTS) is 1. The van der Waals surface area contributed by atoms with E-state index in [1.165, 1.54) is 0 Å². The summed E-state index contributed by atoms with van der Waals surface area (Å²) in [7, 11) is 0. The van der Waals surface area contributed by atoms with Crippen LogP contribution in [0.25, 0.3) is 0 Å². The standard InChI is InChI=1S/C6H12O6/c1-3(7)5(2,10)6(11,12)4(8)9/h3,7,10-12H,1-2H3,(H,8,9). The molecule has 72 valence electrons. The Morgan fingerprint density at radius 1 is 1.33 bits per heavy atom. The average molecular weight is 180 g/mol. The topological polar surface area (TPSA) is 118 Å². The molecule has 0 aliphatic rings. The molecule has 0 saturated carbocycles. The second-order valence-corrected chi connectivity index (χ2v) is 2.80. The van der Waals surface area contributed by atoms with Crippen molar-refractivity contribution in [3.05, 3.63) is 0 Å². The number of aliphatic carboxylic acids is 1. The van der Waals surface area contributed by atoms with Gasteiger partial charge in [-0.3, -0.25) is 0 Å². The molecule has 0 aliphatic carbocycles. The van der Waals surface area contributed by atoms with Crippen molar-refractivity contribution in [2.24, 2.45) is 0 Å². The largest absolute Gasteiger partial charge is 0.477 e. The monoisotopic (exact) mass is 180 g/mol. The summed E-state index contributed by atoms with van der Waals surface area (Å²) in [5, 5.41) is 43.9. The number of carbonyl (C=O) groups is 1. The molecule has 6 heteroatoms. The Morgan fingerprint density at radius 3 is 1.75 bits per heavy atom. The van der Waals surface area contributed by atoms with Gasteiger partial charge in [-0.2, -0.15) is 0 Å². The zero-order valence-electron chi connectivity index (χ0n) is 6.72. The molecule has 0 amide bonds. The number of hydrogen-bond acceptors (Lipinski definition) is 5. The van der Waals surface area contributed by atoms with Gasteiger partial charge in [-0.25, -0.2) is 4.79 Å². The molecule has 0 saturated heterocycles. The maximum atomic E-state index is 10.2. The minimum absolute atomic E-state index is 0.811. The highest BCUT2D eigenvalue weighted by Crippen LogP contribution is 2.23. The van der Waals surface area contributed by atoms with Crippen molar-refractivity contribution in [2.45, 2.75) is 31.3 Å². The van der Waals surface area contributed by atoms with Gasteiger partial charge in [0.2, 0.25) is 0 Å². The van der Waals surface area contributed by atoms with Crippen LogP contribution in [0.2, 0.25) is 0 Å². The molecule has 6 nitrogen and oxygen atoms in total. The predicted molar refractivity (Wildman–Crippen MR) is 37.1 cm³/mol. The summed E-state index contributed by atoms with van der Waals surface area (Å²) >= 11 is 0. The Bertz CT molecular complexity index is 182. The van der Waals surface area contributed by atoms with E-state index in [1.54, 1.807) is 0 Å². The SMILES string of the molecule is CC(O)C(C)(O)C(O)(O)C(=O)O. The zero-order valence-corrected chi connectivity index (χ0v) is 6.72. The Labute approximate surface area is 68.7 Å². The van der Waals surface area contributed by atoms with Gasteiger partial charge >= 0.3 is 5.97 Å². The van der Waals surface area contributed by atoms with Crippen molar-refractivity contribution >= 4 is 5.97 Å². The lowest BCUT2D eigenvalue weighted by molar-refractivity contribution is -0.286. The van der Waals surface area contributed by atoms with Gasteiger partial charge in [0.05, 0.1) is 6.10 Å². The normalized spacial score (nSPS) is 19.8. The van der Waals surface area contributed by atoms with Crippen LogP contribution in [0.4, 0.5) is 0 Å². The predicted octanol–water partition coefficient (Wildman–Crippen LogP) is -2.12. The number of rotatable bonds is 3. The first-order valence-electron chi connectivity index (χ1n) is 3.22. The van der Waals surface area contributed by atoms with Crippen LogP contribution in [0, 0.1) is 0 Å². The van der Waals surface area contributed by atoms with Gasteiger partial charge in [0.1, 0.15) is 0 Å². The van der Waals surface area contributed by atoms with E-state index in [2.05, 4.69) is 0 Å². The van der Waals surface area contributed by atoms with Crippen molar-refractivity contribution in [1.82, 2.24) is 0 Å². The molecule has 0 aromatic heterocycles. The fraction of sp³-hybridized carbons (Fsp3) is 0.833. The maximum absolute atomic E-state index is 10.2. The molecule has 0 rings (SSSR count). The Hall–Kier alpha value is -0.690. The number of aliphatic hydroxyl groups excluding tert-OH is 1. The fourth-order valence-electron chi connectivity index (χ4n) is 0.508. The van der Waals surface area contributed by atoms with Gasteiger partial charge in [0.25, 0.3) is 5.79 Å². The first kappa shape index (κ1) is 11.3. The van der Waals surface area contributed by atoms with Crippen molar-refractivity contribution < 1.29 is 30.3 Å². The number of carboxylic acids is 1. The van der Waals surface area contributed by atoms with Crippen molar-refractivity contribution in [2.75, 3.05) is 0 Å². The second-order valence-electron chi connectivity index (χ2n) is 2.80. The Balaban J connectivity index is 4.88. The molecule has 0 aromatic carbocycles. The zero-order chi connectivity index (χ0) is 10.2. The summed E-state index contributed by atoms with van der Waals surface area (Å²) in [5.74, 6) is -5.38. The summed E-state index contributed by atoms with van der Waals surface area (Å²) < 4.78 is 0. The molecule has 0 aliphatic heterocycles. The molecule has 5 N–H and O–H groups in total. The van der Waals surface area contributed by atoms with E-state index in [4.69, 9.17) is 25.5 Å². The molecule has 0 heterocycles. The van der Waals surface area contributed by atoms with E-state index in [1.807, 2.05) is 0 Å². The number of hydrogen-bond donors (Lipinski definition) is 5. The lowest BCUT2D eigenvalue weighted by atomic mass is 9.90. The number of aliphatic hydroxyl groups is 4. The molecule has 12 heavy (non-hydrogen) atoms. The molecule has 2 atom stereocenters. The molecule has 0 radical (unpaired) electrons. The van der Waals surface area contributed by atoms with E-state index < -0.39 is 23.5 Å². The maximum Gasteiger partial charge on any atom is 0.367 e. The van der Waals surface area contributed by atoms with Crippen LogP contribution in [0.1, 0.15) is 13.8 Å². The molecule has 0 fully saturated rings. The molecular formula is C6H12O6. The Kier molecular flexibility index (Phi) is 2.81. The molecule has 0 aromatic rings. The lowest BCUT2D eigenvalue weighted by Gasteiger charge is -2.35. The third-order valence-electron chi connectivity index (χ3n) is 1.82. The van der Waals surface area contributed by atoms with E-state index in [-0.39, 0.29) is 0 Å². The average Bonchev–Trinajstić information content (AvgIpc) is 1.86. The van der Waals surface area contributed by atoms with Gasteiger partial charge in [0.15, 0.2) is 5.60 Å². The first-order chi connectivity index (χ1) is 5.14. The summed E-state index contributed by atoms with van der Waals surface area (Å²) in [6.07, 6.45) is -1.58. The molecular weight excluding hydrogens is 168 g/mol. The quantitative estimate of drug-likeness (QED) is 0.317. The lowest BCUT2D eigenvalue weighted by Crippen LogP contribution is -2.62. The molecule has 2 unspecified atom stereocenters. The van der Waals surface area contributed by atoms with Crippen LogP contribution in [0.3, 0.4) is 0 Å². The first-order valence-corrected chi connectivity index (χ1v) is 3.22. The summed E-state index contributed by atoms with van der Waals surface area (Å²) in [4.78, 5) is 10.2. The minimum Gasteiger partial charge on any atom is -0.477 e. The van der Waals surface area contributed by atoms with Crippen LogP contribution < -0.4 is 0 Å². The van der Waals surface area contributed by atoms with Gasteiger partial charge in [-0.05, 0) is 13.8 Å². The fourth-order valence-corrected chi connectivity index (χ4v) is 0.508. The highest BCUT2D eigenvalue weighted by Gasteiger charge is 2.54. The van der Waals surface area contributed by atoms with Crippen molar-refractivity contribution in [3.63, 3.8) is 0 Å². The van der Waals surface area contributed by atoms with Crippen LogP contribution >= 0.6 is 0 Å². The van der Waals surface area contributed by atoms with Crippen LogP contribution in [0.15, 0.2) is 0 Å². The summed E-state index contributed by atoms with van der Waals surface area (Å²) in [5.41, 5.74) is -2.52. The summed E-state index contributed by atoms with van der Waals surface area (Å²) in [6.45, 7) is 1.86. The minimum atomic E-state index is -3.36. The highest BCUT2D eigenvalue weighted by atomic mass is 16.6. The van der Waals surface area contributed by atoms with E-state index >= 15 is 0 Å². The van der Waals surface area contributed by atoms with Crippen LogP contribution in [0.5, 0.6) is 0 Å². The Morgan fingerprint density at radius 2 is 1.67 bits per heavy atom. The van der Waals surface area contributed by atoms with Gasteiger partial charge < -0.3 is 25.5 Å². The van der Waals surface area contributed by atoms with Gasteiger partial charge in [-0.15, -0.1) is 0 Å². The molecule has 0 spiro atoms. The van der Waals surface area contributed by atoms with E-state index in [9.17, 15) is 4.79 Å². The van der Waals surface area contributed by atoms with E-state index in [0.717, 1.165) is 13.8 Å². The third kappa shape index (κ3) is 1.56. The highest BCUT2D eigenvalue weighted by molar-refractivity contribution is 5.76. The smallest absolute Gasteiger partial charge is 0.367 e. The van der Waals surface area contributed by atoms with Gasteiger partial charge in [-0.1, -0.05) is 0 Å². The van der Waals surface area contributed by atoms with Gasteiger partial charge in [0, 0.05) is 0 Å². The van der Waals surface area contributed by atoms with Crippen LogP contribution in [-0.2, 0) is 4.79 Å². The van der Waals surface area contributed by atoms with E-state index in [0.29, 0.717) is 0 Å². The van der Waals surface area contributed by atoms with Crippen molar-refractivity contribution in [3.8, 4) is 0 Å². The third-order valence-corrected chi connectivity index (χ3v) is 1.82. The molecule has 0 bridgehead atoms. The van der Waals surface area contributed by atoms with Crippen LogP contribution in [-0.4, -0.2) is 49.0 Å². The second kappa shape index (κ2) is 2.98. The van der Waals surface area contributed by atoms with Crippen molar-refractivity contribution in [1.29, 1.82) is 0 Å².